The topological polar surface area (TPSA) is 37.4 Å². The van der Waals surface area contributed by atoms with Gasteiger partial charge in [0.1, 0.15) is 5.01 Å². The molecule has 0 saturated carbocycles. The van der Waals surface area contributed by atoms with Crippen molar-refractivity contribution in [2.75, 3.05) is 39.4 Å². The fraction of sp³-hybridized carbons (Fsp3) is 0.533. The first kappa shape index (κ1) is 13.9. The lowest BCUT2D eigenvalue weighted by atomic mass is 10.3. The minimum absolute atomic E-state index is 0.877. The molecule has 0 aliphatic carbocycles. The van der Waals surface area contributed by atoms with Crippen molar-refractivity contribution in [1.29, 1.82) is 0 Å². The van der Waals surface area contributed by atoms with Crippen LogP contribution < -0.4 is 5.32 Å². The van der Waals surface area contributed by atoms with Crippen LogP contribution >= 0.6 is 11.3 Å². The molecule has 1 aromatic heterocycles. The Balaban J connectivity index is 1.37. The molecule has 1 aromatic carbocycles. The predicted octanol–water partition coefficient (Wildman–Crippen LogP) is 2.11. The van der Waals surface area contributed by atoms with Gasteiger partial charge in [-0.2, -0.15) is 0 Å². The van der Waals surface area contributed by atoms with Crippen molar-refractivity contribution in [3.63, 3.8) is 0 Å². The Bertz CT molecular complexity index is 504. The summed E-state index contributed by atoms with van der Waals surface area (Å²) in [4.78, 5) is 7.10. The third-order valence-electron chi connectivity index (χ3n) is 3.55. The molecule has 0 bridgehead atoms. The number of aromatic nitrogens is 1. The molecule has 1 N–H and O–H groups in total. The summed E-state index contributed by atoms with van der Waals surface area (Å²) >= 11 is 1.78. The van der Waals surface area contributed by atoms with Gasteiger partial charge in [0.25, 0.3) is 0 Å². The van der Waals surface area contributed by atoms with E-state index in [-0.39, 0.29) is 0 Å². The van der Waals surface area contributed by atoms with Crippen LogP contribution in [0.3, 0.4) is 0 Å². The van der Waals surface area contributed by atoms with Gasteiger partial charge in [-0.1, -0.05) is 12.1 Å². The van der Waals surface area contributed by atoms with E-state index in [1.54, 1.807) is 11.3 Å². The number of fused-ring (bicyclic) bond motifs is 1. The van der Waals surface area contributed by atoms with Crippen LogP contribution in [-0.2, 0) is 11.3 Å². The molecule has 20 heavy (non-hydrogen) atoms. The predicted molar refractivity (Wildman–Crippen MR) is 83.2 cm³/mol. The third-order valence-corrected chi connectivity index (χ3v) is 4.58. The first-order valence-electron chi connectivity index (χ1n) is 7.27. The second-order valence-corrected chi connectivity index (χ2v) is 6.17. The molecule has 0 unspecified atom stereocenters. The van der Waals surface area contributed by atoms with Crippen LogP contribution in [0.15, 0.2) is 24.3 Å². The Hall–Kier alpha value is -1.01. The van der Waals surface area contributed by atoms with E-state index in [4.69, 9.17) is 4.74 Å². The highest BCUT2D eigenvalue weighted by Gasteiger charge is 2.09. The lowest BCUT2D eigenvalue weighted by molar-refractivity contribution is 0.0374. The molecule has 0 radical (unpaired) electrons. The van der Waals surface area contributed by atoms with Gasteiger partial charge in [-0.3, -0.25) is 4.90 Å². The Labute approximate surface area is 123 Å². The van der Waals surface area contributed by atoms with Gasteiger partial charge in [0.05, 0.1) is 23.4 Å². The van der Waals surface area contributed by atoms with Gasteiger partial charge in [0, 0.05) is 19.6 Å². The summed E-state index contributed by atoms with van der Waals surface area (Å²) < 4.78 is 6.63. The maximum absolute atomic E-state index is 5.35. The number of ether oxygens (including phenoxy) is 1. The molecule has 5 heteroatoms. The number of hydrogen-bond donors (Lipinski definition) is 1. The molecule has 1 aliphatic heterocycles. The van der Waals surface area contributed by atoms with E-state index < -0.39 is 0 Å². The first-order chi connectivity index (χ1) is 9.92. The molecule has 0 amide bonds. The number of nitrogens with zero attached hydrogens (tertiary/aromatic N) is 2. The lowest BCUT2D eigenvalue weighted by Crippen LogP contribution is -2.37. The molecule has 0 spiro atoms. The van der Waals surface area contributed by atoms with Crippen molar-refractivity contribution in [1.82, 2.24) is 15.2 Å². The standard InChI is InChI=1S/C15H21N3OS/c1-2-5-14-13(4-1)17-15(20-14)12-16-6-3-7-18-8-10-19-11-9-18/h1-2,4-5,16H,3,6-12H2. The highest BCUT2D eigenvalue weighted by Crippen LogP contribution is 2.21. The number of hydrogen-bond acceptors (Lipinski definition) is 5. The average molecular weight is 291 g/mol. The SMILES string of the molecule is c1ccc2sc(CNCCCN3CCOCC3)nc2c1. The van der Waals surface area contributed by atoms with E-state index in [0.717, 1.165) is 51.5 Å². The molecule has 2 aromatic rings. The maximum atomic E-state index is 5.35. The molecule has 108 valence electrons. The van der Waals surface area contributed by atoms with Crippen molar-refractivity contribution in [2.24, 2.45) is 0 Å². The zero-order valence-electron chi connectivity index (χ0n) is 11.7. The molecule has 3 rings (SSSR count). The summed E-state index contributed by atoms with van der Waals surface area (Å²) in [5.74, 6) is 0. The van der Waals surface area contributed by atoms with Crippen molar-refractivity contribution in [2.45, 2.75) is 13.0 Å². The Kier molecular flexibility index (Phi) is 4.97. The number of benzene rings is 1. The molecule has 2 heterocycles. The summed E-state index contributed by atoms with van der Waals surface area (Å²) in [5.41, 5.74) is 1.11. The largest absolute Gasteiger partial charge is 0.379 e. The van der Waals surface area contributed by atoms with E-state index in [9.17, 15) is 0 Å². The van der Waals surface area contributed by atoms with Gasteiger partial charge in [-0.15, -0.1) is 11.3 Å². The Morgan fingerprint density at radius 3 is 2.95 bits per heavy atom. The van der Waals surface area contributed by atoms with E-state index in [1.165, 1.54) is 16.1 Å². The molecule has 1 fully saturated rings. The zero-order valence-corrected chi connectivity index (χ0v) is 12.5. The van der Waals surface area contributed by atoms with Crippen molar-refractivity contribution < 1.29 is 4.74 Å². The first-order valence-corrected chi connectivity index (χ1v) is 8.09. The Morgan fingerprint density at radius 2 is 2.10 bits per heavy atom. The summed E-state index contributed by atoms with van der Waals surface area (Å²) in [6, 6.07) is 8.32. The summed E-state index contributed by atoms with van der Waals surface area (Å²) in [5, 5.41) is 4.67. The molecule has 4 nitrogen and oxygen atoms in total. The monoisotopic (exact) mass is 291 g/mol. The number of para-hydroxylation sites is 1. The smallest absolute Gasteiger partial charge is 0.108 e. The fourth-order valence-electron chi connectivity index (χ4n) is 2.44. The molecule has 0 atom stereocenters. The zero-order chi connectivity index (χ0) is 13.6. The highest BCUT2D eigenvalue weighted by atomic mass is 32.1. The Morgan fingerprint density at radius 1 is 1.25 bits per heavy atom. The fourth-order valence-corrected chi connectivity index (χ4v) is 3.38. The van der Waals surface area contributed by atoms with Gasteiger partial charge in [-0.25, -0.2) is 4.98 Å². The lowest BCUT2D eigenvalue weighted by Gasteiger charge is -2.26. The van der Waals surface area contributed by atoms with Crippen LogP contribution in [-0.4, -0.2) is 49.3 Å². The second-order valence-electron chi connectivity index (χ2n) is 5.06. The van der Waals surface area contributed by atoms with E-state index in [1.807, 2.05) is 6.07 Å². The average Bonchev–Trinajstić information content (AvgIpc) is 2.90. The second kappa shape index (κ2) is 7.13. The van der Waals surface area contributed by atoms with Crippen LogP contribution in [0.4, 0.5) is 0 Å². The van der Waals surface area contributed by atoms with E-state index >= 15 is 0 Å². The van der Waals surface area contributed by atoms with Crippen LogP contribution in [0.25, 0.3) is 10.2 Å². The van der Waals surface area contributed by atoms with Crippen molar-refractivity contribution in [3.05, 3.63) is 29.3 Å². The van der Waals surface area contributed by atoms with Crippen molar-refractivity contribution >= 4 is 21.6 Å². The van der Waals surface area contributed by atoms with Crippen LogP contribution in [0, 0.1) is 0 Å². The van der Waals surface area contributed by atoms with Gasteiger partial charge in [0.15, 0.2) is 0 Å². The van der Waals surface area contributed by atoms with Crippen molar-refractivity contribution in [3.8, 4) is 0 Å². The molecule has 1 saturated heterocycles. The van der Waals surface area contributed by atoms with E-state index in [2.05, 4.69) is 33.4 Å². The maximum Gasteiger partial charge on any atom is 0.108 e. The quantitative estimate of drug-likeness (QED) is 0.827. The molecular weight excluding hydrogens is 270 g/mol. The number of morpholine rings is 1. The third kappa shape index (κ3) is 3.76. The summed E-state index contributed by atoms with van der Waals surface area (Å²) in [7, 11) is 0. The minimum Gasteiger partial charge on any atom is -0.379 e. The van der Waals surface area contributed by atoms with Gasteiger partial charge < -0.3 is 10.1 Å². The number of rotatable bonds is 6. The molecular formula is C15H21N3OS. The highest BCUT2D eigenvalue weighted by molar-refractivity contribution is 7.18. The number of nitrogens with one attached hydrogen (secondary N) is 1. The minimum atomic E-state index is 0.877. The van der Waals surface area contributed by atoms with Crippen LogP contribution in [0.5, 0.6) is 0 Å². The van der Waals surface area contributed by atoms with Crippen LogP contribution in [0.2, 0.25) is 0 Å². The number of thiazole rings is 1. The normalized spacial score (nSPS) is 16.8. The van der Waals surface area contributed by atoms with Gasteiger partial charge in [0.2, 0.25) is 0 Å². The summed E-state index contributed by atoms with van der Waals surface area (Å²) in [6.07, 6.45) is 1.19. The van der Waals surface area contributed by atoms with Crippen LogP contribution in [0.1, 0.15) is 11.4 Å². The van der Waals surface area contributed by atoms with Gasteiger partial charge in [-0.05, 0) is 31.6 Å². The molecule has 1 aliphatic rings. The summed E-state index contributed by atoms with van der Waals surface area (Å²) in [6.45, 7) is 7.03. The van der Waals surface area contributed by atoms with Gasteiger partial charge >= 0.3 is 0 Å². The van der Waals surface area contributed by atoms with E-state index in [0.29, 0.717) is 0 Å².